The normalized spacial score (nSPS) is 10.4. The summed E-state index contributed by atoms with van der Waals surface area (Å²) in [6.07, 6.45) is 0. The average molecular weight is 279 g/mol. The van der Waals surface area contributed by atoms with Crippen molar-refractivity contribution in [2.24, 2.45) is 0 Å². The van der Waals surface area contributed by atoms with Gasteiger partial charge in [-0.15, -0.1) is 11.3 Å². The summed E-state index contributed by atoms with van der Waals surface area (Å²) in [7, 11) is 2.05. The zero-order valence-electron chi connectivity index (χ0n) is 11.1. The van der Waals surface area contributed by atoms with E-state index in [2.05, 4.69) is 27.4 Å². The lowest BCUT2D eigenvalue weighted by Gasteiger charge is -2.20. The van der Waals surface area contributed by atoms with Crippen LogP contribution in [-0.4, -0.2) is 12.0 Å². The van der Waals surface area contributed by atoms with Crippen LogP contribution < -0.4 is 4.90 Å². The molecule has 3 aromatic rings. The molecule has 0 N–H and O–H groups in total. The summed E-state index contributed by atoms with van der Waals surface area (Å²) in [6.45, 7) is 0.763. The summed E-state index contributed by atoms with van der Waals surface area (Å²) in [5.41, 5.74) is 4.74. The third-order valence-electron chi connectivity index (χ3n) is 3.32. The maximum atomic E-state index is 9.20. The van der Waals surface area contributed by atoms with Gasteiger partial charge in [0.25, 0.3) is 0 Å². The highest BCUT2D eigenvalue weighted by molar-refractivity contribution is 7.07. The van der Waals surface area contributed by atoms with Gasteiger partial charge < -0.3 is 4.90 Å². The number of anilines is 1. The van der Waals surface area contributed by atoms with Gasteiger partial charge >= 0.3 is 0 Å². The fourth-order valence-corrected chi connectivity index (χ4v) is 2.91. The Labute approximate surface area is 121 Å². The Morgan fingerprint density at radius 2 is 2.00 bits per heavy atom. The van der Waals surface area contributed by atoms with E-state index < -0.39 is 0 Å². The third kappa shape index (κ3) is 2.24. The van der Waals surface area contributed by atoms with Crippen LogP contribution >= 0.6 is 11.3 Å². The van der Waals surface area contributed by atoms with E-state index in [4.69, 9.17) is 0 Å². The molecular weight excluding hydrogens is 266 g/mol. The van der Waals surface area contributed by atoms with Crippen molar-refractivity contribution in [3.63, 3.8) is 0 Å². The number of nitrogens with zero attached hydrogens (tertiary/aromatic N) is 3. The monoisotopic (exact) mass is 279 g/mol. The number of nitriles is 1. The third-order valence-corrected chi connectivity index (χ3v) is 3.95. The molecule has 0 aliphatic rings. The molecule has 2 aromatic carbocycles. The molecule has 0 fully saturated rings. The molecule has 20 heavy (non-hydrogen) atoms. The zero-order valence-corrected chi connectivity index (χ0v) is 11.9. The first-order valence-electron chi connectivity index (χ1n) is 6.29. The summed E-state index contributed by atoms with van der Waals surface area (Å²) in [6, 6.07) is 14.2. The van der Waals surface area contributed by atoms with Crippen LogP contribution in [0.4, 0.5) is 5.69 Å². The van der Waals surface area contributed by atoms with Crippen molar-refractivity contribution < 1.29 is 0 Å². The second-order valence-corrected chi connectivity index (χ2v) is 5.34. The van der Waals surface area contributed by atoms with Crippen molar-refractivity contribution >= 4 is 27.8 Å². The SMILES string of the molecule is CN(Cc1cscn1)c1ccc(C#N)c2ccccc12. The molecule has 3 rings (SSSR count). The fourth-order valence-electron chi connectivity index (χ4n) is 2.36. The van der Waals surface area contributed by atoms with Crippen LogP contribution in [0.25, 0.3) is 10.8 Å². The predicted molar refractivity (Wildman–Crippen MR) is 82.9 cm³/mol. The van der Waals surface area contributed by atoms with Crippen molar-refractivity contribution in [2.75, 3.05) is 11.9 Å². The number of fused-ring (bicyclic) bond motifs is 1. The van der Waals surface area contributed by atoms with Gasteiger partial charge in [-0.3, -0.25) is 0 Å². The topological polar surface area (TPSA) is 39.9 Å². The van der Waals surface area contributed by atoms with Crippen molar-refractivity contribution in [3.05, 3.63) is 58.5 Å². The van der Waals surface area contributed by atoms with Gasteiger partial charge in [-0.05, 0) is 12.1 Å². The minimum Gasteiger partial charge on any atom is -0.368 e. The number of aromatic nitrogens is 1. The minimum absolute atomic E-state index is 0.714. The van der Waals surface area contributed by atoms with Crippen LogP contribution in [0, 0.1) is 11.3 Å². The number of benzene rings is 2. The summed E-state index contributed by atoms with van der Waals surface area (Å²) in [4.78, 5) is 6.49. The molecule has 0 saturated carbocycles. The van der Waals surface area contributed by atoms with Crippen LogP contribution in [0.2, 0.25) is 0 Å². The van der Waals surface area contributed by atoms with Gasteiger partial charge in [-0.1, -0.05) is 24.3 Å². The van der Waals surface area contributed by atoms with E-state index in [-0.39, 0.29) is 0 Å². The summed E-state index contributed by atoms with van der Waals surface area (Å²) in [5.74, 6) is 0. The van der Waals surface area contributed by atoms with Crippen LogP contribution in [0.15, 0.2) is 47.3 Å². The van der Waals surface area contributed by atoms with E-state index in [0.29, 0.717) is 5.56 Å². The lowest BCUT2D eigenvalue weighted by molar-refractivity contribution is 0.899. The Kier molecular flexibility index (Phi) is 3.36. The first-order chi connectivity index (χ1) is 9.79. The van der Waals surface area contributed by atoms with Crippen LogP contribution in [0.3, 0.4) is 0 Å². The quantitative estimate of drug-likeness (QED) is 0.732. The second-order valence-electron chi connectivity index (χ2n) is 4.63. The van der Waals surface area contributed by atoms with Gasteiger partial charge in [0, 0.05) is 28.9 Å². The minimum atomic E-state index is 0.714. The average Bonchev–Trinajstić information content (AvgIpc) is 2.99. The van der Waals surface area contributed by atoms with Gasteiger partial charge in [-0.25, -0.2) is 4.98 Å². The highest BCUT2D eigenvalue weighted by atomic mass is 32.1. The van der Waals surface area contributed by atoms with Gasteiger partial charge in [0.2, 0.25) is 0 Å². The molecule has 0 spiro atoms. The smallest absolute Gasteiger partial charge is 0.0998 e. The van der Waals surface area contributed by atoms with E-state index >= 15 is 0 Å². The van der Waals surface area contributed by atoms with E-state index in [1.54, 1.807) is 11.3 Å². The summed E-state index contributed by atoms with van der Waals surface area (Å²) < 4.78 is 0. The Morgan fingerprint density at radius 3 is 2.70 bits per heavy atom. The molecule has 1 aromatic heterocycles. The maximum absolute atomic E-state index is 9.20. The van der Waals surface area contributed by atoms with Gasteiger partial charge in [-0.2, -0.15) is 5.26 Å². The van der Waals surface area contributed by atoms with Crippen molar-refractivity contribution in [2.45, 2.75) is 6.54 Å². The highest BCUT2D eigenvalue weighted by Gasteiger charge is 2.10. The Bertz CT molecular complexity index is 772. The van der Waals surface area contributed by atoms with E-state index in [1.165, 1.54) is 0 Å². The zero-order chi connectivity index (χ0) is 13.9. The fraction of sp³-hybridized carbons (Fsp3) is 0.125. The predicted octanol–water partition coefficient (Wildman–Crippen LogP) is 3.80. The maximum Gasteiger partial charge on any atom is 0.0998 e. The van der Waals surface area contributed by atoms with E-state index in [9.17, 15) is 5.26 Å². The summed E-state index contributed by atoms with van der Waals surface area (Å²) >= 11 is 1.61. The Morgan fingerprint density at radius 1 is 1.20 bits per heavy atom. The molecule has 0 unspecified atom stereocenters. The first kappa shape index (κ1) is 12.6. The lowest BCUT2D eigenvalue weighted by Crippen LogP contribution is -2.16. The molecule has 0 atom stereocenters. The molecule has 0 saturated heterocycles. The van der Waals surface area contributed by atoms with Crippen LogP contribution in [-0.2, 0) is 6.54 Å². The van der Waals surface area contributed by atoms with Gasteiger partial charge in [0.05, 0.1) is 29.4 Å². The number of rotatable bonds is 3. The molecular formula is C16H13N3S. The van der Waals surface area contributed by atoms with E-state index in [1.807, 2.05) is 42.9 Å². The van der Waals surface area contributed by atoms with Crippen molar-refractivity contribution in [1.29, 1.82) is 5.26 Å². The molecule has 0 aliphatic carbocycles. The van der Waals surface area contributed by atoms with Crippen LogP contribution in [0.1, 0.15) is 11.3 Å². The largest absolute Gasteiger partial charge is 0.368 e. The lowest BCUT2D eigenvalue weighted by atomic mass is 10.0. The molecule has 1 heterocycles. The second kappa shape index (κ2) is 5.32. The summed E-state index contributed by atoms with van der Waals surface area (Å²) in [5, 5.41) is 13.4. The highest BCUT2D eigenvalue weighted by Crippen LogP contribution is 2.29. The van der Waals surface area contributed by atoms with Gasteiger partial charge in [0.15, 0.2) is 0 Å². The molecule has 98 valence electrons. The molecule has 0 amide bonds. The Balaban J connectivity index is 2.06. The molecule has 0 radical (unpaired) electrons. The van der Waals surface area contributed by atoms with Crippen molar-refractivity contribution in [3.8, 4) is 6.07 Å². The standard InChI is InChI=1S/C16H13N3S/c1-19(9-13-10-20-11-18-13)16-7-6-12(8-17)14-4-2-3-5-15(14)16/h2-7,10-11H,9H2,1H3. The molecule has 4 heteroatoms. The number of hydrogen-bond acceptors (Lipinski definition) is 4. The first-order valence-corrected chi connectivity index (χ1v) is 7.24. The van der Waals surface area contributed by atoms with Crippen LogP contribution in [0.5, 0.6) is 0 Å². The van der Waals surface area contributed by atoms with E-state index in [0.717, 1.165) is 28.7 Å². The number of thiazole rings is 1. The van der Waals surface area contributed by atoms with Gasteiger partial charge in [0.1, 0.15) is 0 Å². The molecule has 0 bridgehead atoms. The molecule has 3 nitrogen and oxygen atoms in total. The molecule has 0 aliphatic heterocycles. The van der Waals surface area contributed by atoms with Crippen molar-refractivity contribution in [1.82, 2.24) is 4.98 Å². The number of hydrogen-bond donors (Lipinski definition) is 0. The Hall–Kier alpha value is -2.38.